The van der Waals surface area contributed by atoms with Crippen molar-refractivity contribution in [3.63, 3.8) is 0 Å². The topological polar surface area (TPSA) is 70.7 Å². The zero-order valence-electron chi connectivity index (χ0n) is 14.6. The largest absolute Gasteiger partial charge is 0.412 e. The highest BCUT2D eigenvalue weighted by atomic mass is 16.6. The van der Waals surface area contributed by atoms with Crippen molar-refractivity contribution in [1.29, 1.82) is 0 Å². The van der Waals surface area contributed by atoms with E-state index in [-0.39, 0.29) is 12.1 Å². The van der Waals surface area contributed by atoms with Gasteiger partial charge in [0.05, 0.1) is 0 Å². The van der Waals surface area contributed by atoms with E-state index in [4.69, 9.17) is 4.74 Å². The molecule has 1 aliphatic carbocycles. The number of nitrogens with one attached hydrogen (secondary N) is 2. The van der Waals surface area contributed by atoms with Gasteiger partial charge < -0.3 is 20.3 Å². The Kier molecular flexibility index (Phi) is 6.14. The zero-order valence-corrected chi connectivity index (χ0v) is 14.6. The SMILES string of the molecule is O=C(NC1CCN(C(=O)NC2CCCCC2)CC1)Oc1ccccc1. The van der Waals surface area contributed by atoms with Crippen LogP contribution < -0.4 is 15.4 Å². The minimum Gasteiger partial charge on any atom is -0.410 e. The number of piperidine rings is 1. The molecule has 136 valence electrons. The van der Waals surface area contributed by atoms with Crippen molar-refractivity contribution in [2.75, 3.05) is 13.1 Å². The molecule has 0 aromatic heterocycles. The number of ether oxygens (including phenoxy) is 1. The number of carbonyl (C=O) groups is 2. The monoisotopic (exact) mass is 345 g/mol. The number of urea groups is 1. The molecule has 6 nitrogen and oxygen atoms in total. The maximum atomic E-state index is 12.3. The van der Waals surface area contributed by atoms with Crippen LogP contribution in [0.4, 0.5) is 9.59 Å². The normalized spacial score (nSPS) is 19.3. The number of amides is 3. The molecule has 0 unspecified atom stereocenters. The first-order chi connectivity index (χ1) is 12.2. The fourth-order valence-corrected chi connectivity index (χ4v) is 3.53. The van der Waals surface area contributed by atoms with Crippen molar-refractivity contribution in [1.82, 2.24) is 15.5 Å². The number of carbonyl (C=O) groups excluding carboxylic acids is 2. The number of hydrogen-bond acceptors (Lipinski definition) is 3. The van der Waals surface area contributed by atoms with Crippen LogP contribution >= 0.6 is 0 Å². The predicted octanol–water partition coefficient (Wildman–Crippen LogP) is 3.28. The number of benzene rings is 1. The van der Waals surface area contributed by atoms with Crippen molar-refractivity contribution in [3.8, 4) is 5.75 Å². The summed E-state index contributed by atoms with van der Waals surface area (Å²) in [6.45, 7) is 1.32. The minimum atomic E-state index is -0.434. The van der Waals surface area contributed by atoms with Crippen molar-refractivity contribution >= 4 is 12.1 Å². The van der Waals surface area contributed by atoms with E-state index in [0.717, 1.165) is 25.7 Å². The molecule has 1 saturated heterocycles. The molecule has 0 radical (unpaired) electrons. The first-order valence-corrected chi connectivity index (χ1v) is 9.29. The van der Waals surface area contributed by atoms with Gasteiger partial charge in [0.2, 0.25) is 0 Å². The molecule has 2 N–H and O–H groups in total. The first kappa shape index (κ1) is 17.6. The van der Waals surface area contributed by atoms with E-state index in [1.54, 1.807) is 12.1 Å². The van der Waals surface area contributed by atoms with Crippen LogP contribution in [0.3, 0.4) is 0 Å². The van der Waals surface area contributed by atoms with E-state index in [1.807, 2.05) is 23.1 Å². The standard InChI is InChI=1S/C19H27N3O3/c23-18(20-15-7-3-1-4-8-15)22-13-11-16(12-14-22)21-19(24)25-17-9-5-2-6-10-17/h2,5-6,9-10,15-16H,1,3-4,7-8,11-14H2,(H,20,23)(H,21,24). The van der Waals surface area contributed by atoms with Crippen LogP contribution in [-0.4, -0.2) is 42.2 Å². The maximum absolute atomic E-state index is 12.3. The Hall–Kier alpha value is -2.24. The number of nitrogens with zero attached hydrogens (tertiary/aromatic N) is 1. The smallest absolute Gasteiger partial charge is 0.410 e. The van der Waals surface area contributed by atoms with Gasteiger partial charge in [-0.3, -0.25) is 0 Å². The van der Waals surface area contributed by atoms with Gasteiger partial charge in [-0.25, -0.2) is 9.59 Å². The summed E-state index contributed by atoms with van der Waals surface area (Å²) >= 11 is 0. The zero-order chi connectivity index (χ0) is 17.5. The molecular weight excluding hydrogens is 318 g/mol. The molecule has 3 rings (SSSR count). The Morgan fingerprint density at radius 1 is 0.880 bits per heavy atom. The van der Waals surface area contributed by atoms with E-state index in [1.165, 1.54) is 19.3 Å². The lowest BCUT2D eigenvalue weighted by molar-refractivity contribution is 0.163. The van der Waals surface area contributed by atoms with Crippen LogP contribution in [0, 0.1) is 0 Å². The summed E-state index contributed by atoms with van der Waals surface area (Å²) in [6, 6.07) is 9.44. The molecule has 25 heavy (non-hydrogen) atoms. The second-order valence-corrected chi connectivity index (χ2v) is 6.89. The van der Waals surface area contributed by atoms with Crippen LogP contribution in [0.5, 0.6) is 5.75 Å². The minimum absolute atomic E-state index is 0.0391. The number of rotatable bonds is 3. The molecule has 1 aromatic rings. The summed E-state index contributed by atoms with van der Waals surface area (Å²) in [5.41, 5.74) is 0. The molecule has 1 aliphatic heterocycles. The van der Waals surface area contributed by atoms with Gasteiger partial charge in [-0.05, 0) is 37.8 Å². The summed E-state index contributed by atoms with van der Waals surface area (Å²) in [4.78, 5) is 26.1. The highest BCUT2D eigenvalue weighted by Crippen LogP contribution is 2.18. The molecular formula is C19H27N3O3. The van der Waals surface area contributed by atoms with Crippen LogP contribution in [0.15, 0.2) is 30.3 Å². The van der Waals surface area contributed by atoms with Crippen molar-refractivity contribution in [2.45, 2.75) is 57.0 Å². The highest BCUT2D eigenvalue weighted by molar-refractivity contribution is 5.75. The van der Waals surface area contributed by atoms with E-state index in [0.29, 0.717) is 24.9 Å². The third-order valence-electron chi connectivity index (χ3n) is 4.99. The molecule has 1 aromatic carbocycles. The number of hydrogen-bond donors (Lipinski definition) is 2. The average molecular weight is 345 g/mol. The van der Waals surface area contributed by atoms with E-state index in [2.05, 4.69) is 10.6 Å². The Morgan fingerprint density at radius 2 is 1.52 bits per heavy atom. The summed E-state index contributed by atoms with van der Waals surface area (Å²) in [7, 11) is 0. The summed E-state index contributed by atoms with van der Waals surface area (Å²) < 4.78 is 5.25. The Morgan fingerprint density at radius 3 is 2.20 bits per heavy atom. The van der Waals surface area contributed by atoms with Gasteiger partial charge in [0.1, 0.15) is 5.75 Å². The summed E-state index contributed by atoms with van der Waals surface area (Å²) in [6.07, 6.45) is 6.95. The van der Waals surface area contributed by atoms with Crippen molar-refractivity contribution < 1.29 is 14.3 Å². The van der Waals surface area contributed by atoms with E-state index >= 15 is 0 Å². The second kappa shape index (κ2) is 8.74. The lowest BCUT2D eigenvalue weighted by atomic mass is 9.95. The first-order valence-electron chi connectivity index (χ1n) is 9.29. The Labute approximate surface area is 148 Å². The Bertz CT molecular complexity index is 565. The van der Waals surface area contributed by atoms with Gasteiger partial charge in [-0.1, -0.05) is 37.5 Å². The van der Waals surface area contributed by atoms with Crippen molar-refractivity contribution in [3.05, 3.63) is 30.3 Å². The maximum Gasteiger partial charge on any atom is 0.412 e. The molecule has 6 heteroatoms. The van der Waals surface area contributed by atoms with Crippen molar-refractivity contribution in [2.24, 2.45) is 0 Å². The van der Waals surface area contributed by atoms with Crippen LogP contribution in [0.25, 0.3) is 0 Å². The summed E-state index contributed by atoms with van der Waals surface area (Å²) in [5, 5.41) is 6.04. The molecule has 0 spiro atoms. The summed E-state index contributed by atoms with van der Waals surface area (Å²) in [5.74, 6) is 0.532. The van der Waals surface area contributed by atoms with E-state index in [9.17, 15) is 9.59 Å². The molecule has 3 amide bonds. The third-order valence-corrected chi connectivity index (χ3v) is 4.99. The molecule has 2 aliphatic rings. The second-order valence-electron chi connectivity index (χ2n) is 6.89. The molecule has 1 saturated carbocycles. The van der Waals surface area contributed by atoms with E-state index < -0.39 is 6.09 Å². The fraction of sp³-hybridized carbons (Fsp3) is 0.579. The van der Waals surface area contributed by atoms with Gasteiger partial charge in [0.15, 0.2) is 0 Å². The van der Waals surface area contributed by atoms with Gasteiger partial charge in [0, 0.05) is 25.2 Å². The van der Waals surface area contributed by atoms with Crippen LogP contribution in [0.2, 0.25) is 0 Å². The lowest BCUT2D eigenvalue weighted by Gasteiger charge is -2.34. The van der Waals surface area contributed by atoms with Gasteiger partial charge in [0.25, 0.3) is 0 Å². The molecule has 0 bridgehead atoms. The number of para-hydroxylation sites is 1. The number of likely N-dealkylation sites (tertiary alicyclic amines) is 1. The van der Waals surface area contributed by atoms with Crippen LogP contribution in [-0.2, 0) is 0 Å². The average Bonchev–Trinajstić information content (AvgIpc) is 2.64. The fourth-order valence-electron chi connectivity index (χ4n) is 3.53. The van der Waals surface area contributed by atoms with Gasteiger partial charge in [-0.15, -0.1) is 0 Å². The molecule has 2 fully saturated rings. The molecule has 0 atom stereocenters. The van der Waals surface area contributed by atoms with Crippen LogP contribution in [0.1, 0.15) is 44.9 Å². The molecule has 1 heterocycles. The predicted molar refractivity (Wildman–Crippen MR) is 95.6 cm³/mol. The third kappa shape index (κ3) is 5.37. The Balaban J connectivity index is 1.37. The van der Waals surface area contributed by atoms with Gasteiger partial charge in [-0.2, -0.15) is 0 Å². The lowest BCUT2D eigenvalue weighted by Crippen LogP contribution is -2.51. The quantitative estimate of drug-likeness (QED) is 0.883. The van der Waals surface area contributed by atoms with Gasteiger partial charge >= 0.3 is 12.1 Å². The highest BCUT2D eigenvalue weighted by Gasteiger charge is 2.26.